The highest BCUT2D eigenvalue weighted by molar-refractivity contribution is 5.79. The molecule has 0 aromatic heterocycles. The Hall–Kier alpha value is -0.570. The summed E-state index contributed by atoms with van der Waals surface area (Å²) in [5, 5.41) is 0. The molecule has 0 spiro atoms. The van der Waals surface area contributed by atoms with Gasteiger partial charge in [0.25, 0.3) is 0 Å². The van der Waals surface area contributed by atoms with Crippen molar-refractivity contribution in [2.45, 2.75) is 33.2 Å². The van der Waals surface area contributed by atoms with Crippen molar-refractivity contribution in [3.8, 4) is 0 Å². The van der Waals surface area contributed by atoms with Crippen LogP contribution in [0.15, 0.2) is 0 Å². The molecule has 1 aliphatic rings. The fourth-order valence-electron chi connectivity index (χ4n) is 1.67. The number of hydrogen-bond donors (Lipinski definition) is 0. The van der Waals surface area contributed by atoms with Crippen molar-refractivity contribution in [1.82, 2.24) is 9.80 Å². The van der Waals surface area contributed by atoms with Crippen LogP contribution in [0.3, 0.4) is 0 Å². The van der Waals surface area contributed by atoms with Crippen molar-refractivity contribution in [2.75, 3.05) is 20.3 Å². The summed E-state index contributed by atoms with van der Waals surface area (Å²) < 4.78 is 0. The second-order valence-electron chi connectivity index (χ2n) is 4.11. The molecule has 0 N–H and O–H groups in total. The van der Waals surface area contributed by atoms with Crippen LogP contribution in [0.2, 0.25) is 0 Å². The van der Waals surface area contributed by atoms with Crippen LogP contribution in [-0.4, -0.2) is 42.0 Å². The Morgan fingerprint density at radius 1 is 1.46 bits per heavy atom. The Kier molecular flexibility index (Phi) is 3.31. The van der Waals surface area contributed by atoms with Crippen LogP contribution in [0, 0.1) is 5.92 Å². The molecule has 0 saturated carbocycles. The monoisotopic (exact) mass is 184 g/mol. The Morgan fingerprint density at radius 2 is 2.08 bits per heavy atom. The predicted molar refractivity (Wildman–Crippen MR) is 53.3 cm³/mol. The van der Waals surface area contributed by atoms with E-state index in [0.29, 0.717) is 18.5 Å². The summed E-state index contributed by atoms with van der Waals surface area (Å²) >= 11 is 0. The van der Waals surface area contributed by atoms with Crippen molar-refractivity contribution >= 4 is 5.91 Å². The van der Waals surface area contributed by atoms with Crippen molar-refractivity contribution in [3.63, 3.8) is 0 Å². The largest absolute Gasteiger partial charge is 0.332 e. The molecule has 1 rings (SSSR count). The van der Waals surface area contributed by atoms with Crippen molar-refractivity contribution in [3.05, 3.63) is 0 Å². The fraction of sp³-hybridized carbons (Fsp3) is 0.900. The van der Waals surface area contributed by atoms with Crippen molar-refractivity contribution in [1.29, 1.82) is 0 Å². The topological polar surface area (TPSA) is 23.6 Å². The van der Waals surface area contributed by atoms with Gasteiger partial charge in [0.05, 0.1) is 13.2 Å². The minimum atomic E-state index is 0.246. The van der Waals surface area contributed by atoms with Gasteiger partial charge in [-0.1, -0.05) is 20.3 Å². The van der Waals surface area contributed by atoms with E-state index in [1.807, 2.05) is 7.05 Å². The SMILES string of the molecule is CCC(C)C(C)N1CC(=O)N(C)C1. The van der Waals surface area contributed by atoms with Crippen LogP contribution in [0.25, 0.3) is 0 Å². The molecule has 0 aromatic rings. The smallest absolute Gasteiger partial charge is 0.237 e. The van der Waals surface area contributed by atoms with E-state index in [9.17, 15) is 4.79 Å². The van der Waals surface area contributed by atoms with E-state index in [0.717, 1.165) is 6.67 Å². The van der Waals surface area contributed by atoms with Gasteiger partial charge in [0, 0.05) is 13.1 Å². The van der Waals surface area contributed by atoms with Crippen LogP contribution in [-0.2, 0) is 4.79 Å². The first kappa shape index (κ1) is 10.5. The number of rotatable bonds is 3. The third-order valence-electron chi connectivity index (χ3n) is 3.20. The third kappa shape index (κ3) is 2.21. The van der Waals surface area contributed by atoms with Gasteiger partial charge in [0.15, 0.2) is 0 Å². The third-order valence-corrected chi connectivity index (χ3v) is 3.20. The minimum Gasteiger partial charge on any atom is -0.332 e. The standard InChI is InChI=1S/C10H20N2O/c1-5-8(2)9(3)12-6-10(13)11(4)7-12/h8-9H,5-7H2,1-4H3. The molecule has 3 nitrogen and oxygen atoms in total. The summed E-state index contributed by atoms with van der Waals surface area (Å²) in [6.07, 6.45) is 1.18. The Balaban J connectivity index is 2.50. The first-order valence-corrected chi connectivity index (χ1v) is 5.04. The van der Waals surface area contributed by atoms with E-state index < -0.39 is 0 Å². The molecule has 0 aliphatic carbocycles. The molecule has 0 bridgehead atoms. The zero-order valence-corrected chi connectivity index (χ0v) is 9.08. The Labute approximate surface area is 80.7 Å². The predicted octanol–water partition coefficient (Wildman–Crippen LogP) is 1.15. The average molecular weight is 184 g/mol. The molecule has 1 aliphatic heterocycles. The maximum atomic E-state index is 11.3. The number of hydrogen-bond acceptors (Lipinski definition) is 2. The first-order chi connectivity index (χ1) is 6.06. The maximum Gasteiger partial charge on any atom is 0.237 e. The van der Waals surface area contributed by atoms with Gasteiger partial charge >= 0.3 is 0 Å². The van der Waals surface area contributed by atoms with Gasteiger partial charge in [-0.05, 0) is 12.8 Å². The van der Waals surface area contributed by atoms with E-state index in [1.54, 1.807) is 4.90 Å². The molecule has 2 atom stereocenters. The van der Waals surface area contributed by atoms with Gasteiger partial charge in [-0.2, -0.15) is 0 Å². The zero-order chi connectivity index (χ0) is 10.0. The second-order valence-corrected chi connectivity index (χ2v) is 4.11. The molecule has 1 amide bonds. The highest BCUT2D eigenvalue weighted by Gasteiger charge is 2.29. The molecule has 3 heteroatoms. The Bertz CT molecular complexity index is 193. The van der Waals surface area contributed by atoms with Gasteiger partial charge in [-0.3, -0.25) is 9.69 Å². The van der Waals surface area contributed by atoms with E-state index in [2.05, 4.69) is 25.7 Å². The molecular formula is C10H20N2O. The molecule has 76 valence electrons. The highest BCUT2D eigenvalue weighted by Crippen LogP contribution is 2.17. The fourth-order valence-corrected chi connectivity index (χ4v) is 1.67. The van der Waals surface area contributed by atoms with Gasteiger partial charge in [-0.15, -0.1) is 0 Å². The van der Waals surface area contributed by atoms with Crippen LogP contribution in [0.1, 0.15) is 27.2 Å². The second kappa shape index (κ2) is 4.09. The maximum absolute atomic E-state index is 11.3. The lowest BCUT2D eigenvalue weighted by molar-refractivity contribution is -0.125. The van der Waals surface area contributed by atoms with E-state index >= 15 is 0 Å². The van der Waals surface area contributed by atoms with Crippen molar-refractivity contribution < 1.29 is 4.79 Å². The van der Waals surface area contributed by atoms with Crippen LogP contribution in [0.5, 0.6) is 0 Å². The lowest BCUT2D eigenvalue weighted by Gasteiger charge is -2.27. The number of nitrogens with zero attached hydrogens (tertiary/aromatic N) is 2. The summed E-state index contributed by atoms with van der Waals surface area (Å²) in [6, 6.07) is 0.513. The van der Waals surface area contributed by atoms with Crippen LogP contribution in [0.4, 0.5) is 0 Å². The summed E-state index contributed by atoms with van der Waals surface area (Å²) in [6.45, 7) is 8.04. The van der Waals surface area contributed by atoms with E-state index in [4.69, 9.17) is 0 Å². The Morgan fingerprint density at radius 3 is 2.46 bits per heavy atom. The summed E-state index contributed by atoms with van der Waals surface area (Å²) in [5.74, 6) is 0.912. The van der Waals surface area contributed by atoms with E-state index in [-0.39, 0.29) is 5.91 Å². The molecule has 13 heavy (non-hydrogen) atoms. The van der Waals surface area contributed by atoms with Crippen molar-refractivity contribution in [2.24, 2.45) is 5.92 Å². The molecule has 0 aromatic carbocycles. The minimum absolute atomic E-state index is 0.246. The molecule has 0 radical (unpaired) electrons. The van der Waals surface area contributed by atoms with Gasteiger partial charge in [-0.25, -0.2) is 0 Å². The summed E-state index contributed by atoms with van der Waals surface area (Å²) in [5.41, 5.74) is 0. The number of likely N-dealkylation sites (N-methyl/N-ethyl adjacent to an activating group) is 1. The summed E-state index contributed by atoms with van der Waals surface area (Å²) in [4.78, 5) is 15.3. The quantitative estimate of drug-likeness (QED) is 0.657. The van der Waals surface area contributed by atoms with Gasteiger partial charge in [0.1, 0.15) is 0 Å². The lowest BCUT2D eigenvalue weighted by Crippen LogP contribution is -2.36. The summed E-state index contributed by atoms with van der Waals surface area (Å²) in [7, 11) is 1.87. The molecule has 2 unspecified atom stereocenters. The normalized spacial score (nSPS) is 23.7. The number of carbonyl (C=O) groups excluding carboxylic acids is 1. The molecule has 1 saturated heterocycles. The van der Waals surface area contributed by atoms with Gasteiger partial charge in [0.2, 0.25) is 5.91 Å². The first-order valence-electron chi connectivity index (χ1n) is 5.04. The number of carbonyl (C=O) groups is 1. The van der Waals surface area contributed by atoms with E-state index in [1.165, 1.54) is 6.42 Å². The van der Waals surface area contributed by atoms with Gasteiger partial charge < -0.3 is 4.90 Å². The zero-order valence-electron chi connectivity index (χ0n) is 9.08. The highest BCUT2D eigenvalue weighted by atomic mass is 16.2. The van der Waals surface area contributed by atoms with Crippen LogP contribution >= 0.6 is 0 Å². The molecule has 1 heterocycles. The molecular weight excluding hydrogens is 164 g/mol. The average Bonchev–Trinajstić information content (AvgIpc) is 2.44. The molecule has 1 fully saturated rings. The van der Waals surface area contributed by atoms with Crippen LogP contribution < -0.4 is 0 Å². The lowest BCUT2D eigenvalue weighted by atomic mass is 10.00. The number of amides is 1.